The molecule has 0 unspecified atom stereocenters. The van der Waals surface area contributed by atoms with Gasteiger partial charge in [-0.1, -0.05) is 31.5 Å². The van der Waals surface area contributed by atoms with Crippen LogP contribution < -0.4 is 15.6 Å². The fourth-order valence-corrected chi connectivity index (χ4v) is 2.56. The van der Waals surface area contributed by atoms with Gasteiger partial charge in [-0.15, -0.1) is 0 Å². The summed E-state index contributed by atoms with van der Waals surface area (Å²) in [5.41, 5.74) is 5.31. The minimum absolute atomic E-state index is 0.126. The lowest BCUT2D eigenvalue weighted by Gasteiger charge is -2.14. The van der Waals surface area contributed by atoms with Gasteiger partial charge in [-0.2, -0.15) is 0 Å². The standard InChI is InChI=1S/C17H20N2O5S/c1-2-3-9-23-17(20)12-10-14(18)16(15(11-12)25(19,21)22)24-13-7-5-4-6-8-13/h4-8,10-11H,2-3,9,18H2,1H3,(H2,19,21,22)/i4D,5D,6D,7D,8D. The van der Waals surface area contributed by atoms with E-state index in [4.69, 9.17) is 27.2 Å². The van der Waals surface area contributed by atoms with Crippen molar-refractivity contribution in [2.24, 2.45) is 5.14 Å². The molecule has 2 rings (SSSR count). The van der Waals surface area contributed by atoms with Crippen molar-refractivity contribution in [1.29, 1.82) is 0 Å². The minimum atomic E-state index is -4.48. The van der Waals surface area contributed by atoms with Gasteiger partial charge in [0, 0.05) is 0 Å². The number of para-hydroxylation sites is 1. The predicted octanol–water partition coefficient (Wildman–Crippen LogP) is 2.67. The number of hydrogen-bond donors (Lipinski definition) is 2. The van der Waals surface area contributed by atoms with Gasteiger partial charge in [0.05, 0.1) is 24.7 Å². The first kappa shape index (κ1) is 12.7. The number of nitrogen functional groups attached to an aromatic ring is 1. The number of sulfonamides is 1. The maximum absolute atomic E-state index is 12.2. The van der Waals surface area contributed by atoms with Gasteiger partial charge in [0.15, 0.2) is 5.75 Å². The van der Waals surface area contributed by atoms with Crippen molar-refractivity contribution in [1.82, 2.24) is 0 Å². The van der Waals surface area contributed by atoms with Gasteiger partial charge in [-0.25, -0.2) is 18.4 Å². The molecule has 0 saturated heterocycles. The third kappa shape index (κ3) is 4.94. The fourth-order valence-electron chi connectivity index (χ4n) is 1.85. The van der Waals surface area contributed by atoms with Gasteiger partial charge in [0.1, 0.15) is 10.6 Å². The number of ether oxygens (including phenoxy) is 2. The van der Waals surface area contributed by atoms with E-state index >= 15 is 0 Å². The van der Waals surface area contributed by atoms with E-state index in [1.807, 2.05) is 6.92 Å². The lowest BCUT2D eigenvalue weighted by molar-refractivity contribution is 0.0499. The maximum Gasteiger partial charge on any atom is 0.338 e. The van der Waals surface area contributed by atoms with Crippen LogP contribution in [-0.2, 0) is 14.8 Å². The summed E-state index contributed by atoms with van der Waals surface area (Å²) >= 11 is 0. The number of carbonyl (C=O) groups is 1. The Balaban J connectivity index is 2.61. The third-order valence-corrected chi connectivity index (χ3v) is 3.95. The van der Waals surface area contributed by atoms with Crippen LogP contribution in [0.2, 0.25) is 0 Å². The average Bonchev–Trinajstić information content (AvgIpc) is 2.68. The molecule has 2 aromatic carbocycles. The lowest BCUT2D eigenvalue weighted by Crippen LogP contribution is -2.16. The van der Waals surface area contributed by atoms with Crippen LogP contribution in [0.15, 0.2) is 47.2 Å². The van der Waals surface area contributed by atoms with Crippen LogP contribution >= 0.6 is 0 Å². The Hall–Kier alpha value is -2.58. The van der Waals surface area contributed by atoms with Crippen molar-refractivity contribution in [2.45, 2.75) is 24.7 Å². The molecular weight excluding hydrogens is 344 g/mol. The Labute approximate surface area is 153 Å². The molecule has 0 spiro atoms. The lowest BCUT2D eigenvalue weighted by atomic mass is 10.2. The van der Waals surface area contributed by atoms with Crippen LogP contribution in [0.4, 0.5) is 5.69 Å². The SMILES string of the molecule is [2H]c1c([2H])c([2H])c(Oc2c(N)cc(C(=O)OCCCC)cc2S(N)(=O)=O)c([2H])c1[2H]. The van der Waals surface area contributed by atoms with Crippen LogP contribution in [-0.4, -0.2) is 21.0 Å². The van der Waals surface area contributed by atoms with Crippen LogP contribution in [0.25, 0.3) is 0 Å². The maximum atomic E-state index is 12.2. The molecule has 7 nitrogen and oxygen atoms in total. The Bertz CT molecular complexity index is 1080. The molecule has 4 N–H and O–H groups in total. The smallest absolute Gasteiger partial charge is 0.338 e. The Kier molecular flexibility index (Phi) is 4.07. The van der Waals surface area contributed by atoms with Crippen LogP contribution in [0.5, 0.6) is 11.5 Å². The third-order valence-electron chi connectivity index (χ3n) is 3.04. The molecule has 2 aromatic rings. The topological polar surface area (TPSA) is 122 Å². The van der Waals surface area contributed by atoms with Gasteiger partial charge >= 0.3 is 5.97 Å². The fraction of sp³-hybridized carbons (Fsp3) is 0.235. The van der Waals surface area contributed by atoms with Gasteiger partial charge in [0.25, 0.3) is 0 Å². The molecule has 8 heteroatoms. The zero-order valence-corrected chi connectivity index (χ0v) is 14.2. The van der Waals surface area contributed by atoms with E-state index in [9.17, 15) is 13.2 Å². The van der Waals surface area contributed by atoms with Gasteiger partial charge < -0.3 is 15.2 Å². The monoisotopic (exact) mass is 369 g/mol. The number of nitrogens with two attached hydrogens (primary N) is 2. The summed E-state index contributed by atoms with van der Waals surface area (Å²) in [5, 5.41) is 5.22. The molecule has 0 aliphatic carbocycles. The van der Waals surface area contributed by atoms with E-state index < -0.39 is 62.6 Å². The van der Waals surface area contributed by atoms with E-state index in [2.05, 4.69) is 0 Å². The van der Waals surface area contributed by atoms with E-state index in [-0.39, 0.29) is 17.9 Å². The summed E-state index contributed by atoms with van der Waals surface area (Å²) in [7, 11) is -4.48. The summed E-state index contributed by atoms with van der Waals surface area (Å²) < 4.78 is 73.3. The number of primary sulfonamides is 1. The predicted molar refractivity (Wildman–Crippen MR) is 93.9 cm³/mol. The molecule has 25 heavy (non-hydrogen) atoms. The molecule has 0 atom stereocenters. The molecule has 0 saturated carbocycles. The quantitative estimate of drug-likeness (QED) is 0.439. The van der Waals surface area contributed by atoms with Gasteiger partial charge in [-0.3, -0.25) is 0 Å². The first-order chi connectivity index (χ1) is 13.9. The Morgan fingerprint density at radius 1 is 1.24 bits per heavy atom. The summed E-state index contributed by atoms with van der Waals surface area (Å²) in [6.45, 7) is 2.02. The van der Waals surface area contributed by atoms with E-state index in [0.29, 0.717) is 6.42 Å². The van der Waals surface area contributed by atoms with E-state index in [1.165, 1.54) is 0 Å². The van der Waals surface area contributed by atoms with Crippen molar-refractivity contribution in [3.8, 4) is 11.5 Å². The summed E-state index contributed by atoms with van der Waals surface area (Å²) in [6.07, 6.45) is 1.39. The Morgan fingerprint density at radius 3 is 2.52 bits per heavy atom. The van der Waals surface area contributed by atoms with Crippen LogP contribution in [0.3, 0.4) is 0 Å². The molecule has 0 heterocycles. The minimum Gasteiger partial charge on any atom is -0.462 e. The zero-order chi connectivity index (χ0) is 22.8. The highest BCUT2D eigenvalue weighted by atomic mass is 32.2. The summed E-state index contributed by atoms with van der Waals surface area (Å²) in [4.78, 5) is 11.5. The van der Waals surface area contributed by atoms with Crippen molar-refractivity contribution in [3.05, 3.63) is 47.9 Å². The zero-order valence-electron chi connectivity index (χ0n) is 18.4. The van der Waals surface area contributed by atoms with E-state index in [1.54, 1.807) is 0 Å². The molecule has 0 radical (unpaired) electrons. The molecule has 0 amide bonds. The van der Waals surface area contributed by atoms with Crippen LogP contribution in [0, 0.1) is 0 Å². The first-order valence-corrected chi connectivity index (χ1v) is 8.83. The largest absolute Gasteiger partial charge is 0.462 e. The van der Waals surface area contributed by atoms with Crippen LogP contribution in [0.1, 0.15) is 37.0 Å². The molecular formula is C17H20N2O5S. The molecule has 0 bridgehead atoms. The average molecular weight is 369 g/mol. The van der Waals surface area contributed by atoms with Crippen molar-refractivity contribution in [2.75, 3.05) is 12.3 Å². The van der Waals surface area contributed by atoms with Crippen molar-refractivity contribution in [3.63, 3.8) is 0 Å². The highest BCUT2D eigenvalue weighted by Crippen LogP contribution is 2.35. The van der Waals surface area contributed by atoms with Crippen molar-refractivity contribution < 1.29 is 29.5 Å². The number of esters is 1. The number of benzene rings is 2. The second kappa shape index (κ2) is 8.00. The highest BCUT2D eigenvalue weighted by molar-refractivity contribution is 7.89. The molecule has 0 aliphatic rings. The number of rotatable bonds is 7. The molecule has 0 aliphatic heterocycles. The number of carbonyl (C=O) groups excluding carboxylic acids is 1. The second-order valence-electron chi connectivity index (χ2n) is 4.98. The van der Waals surface area contributed by atoms with Crippen molar-refractivity contribution >= 4 is 21.7 Å². The molecule has 134 valence electrons. The number of anilines is 1. The Morgan fingerprint density at radius 2 is 1.92 bits per heavy atom. The molecule has 0 aromatic heterocycles. The molecule has 0 fully saturated rings. The second-order valence-corrected chi connectivity index (χ2v) is 6.51. The van der Waals surface area contributed by atoms with E-state index in [0.717, 1.165) is 18.6 Å². The van der Waals surface area contributed by atoms with Gasteiger partial charge in [-0.05, 0) is 30.6 Å². The summed E-state index contributed by atoms with van der Waals surface area (Å²) in [5.74, 6) is -2.04. The highest BCUT2D eigenvalue weighted by Gasteiger charge is 2.23. The normalized spacial score (nSPS) is 13.9. The first-order valence-electron chi connectivity index (χ1n) is 9.78. The summed E-state index contributed by atoms with van der Waals surface area (Å²) in [6, 6.07) is -1.44. The number of unbranched alkanes of at least 4 members (excludes halogenated alkanes) is 1. The number of hydrogen-bond acceptors (Lipinski definition) is 6. The van der Waals surface area contributed by atoms with Gasteiger partial charge in [0.2, 0.25) is 10.0 Å².